The SMILES string of the molecule is O=C1Sc2cc3c(cc2C1=O)CCC3. The molecule has 14 heavy (non-hydrogen) atoms. The van der Waals surface area contributed by atoms with Gasteiger partial charge in [-0.2, -0.15) is 0 Å². The molecule has 0 bridgehead atoms. The zero-order valence-electron chi connectivity index (χ0n) is 7.50. The summed E-state index contributed by atoms with van der Waals surface area (Å²) in [5.74, 6) is -0.320. The Hall–Kier alpha value is -1.09. The Kier molecular flexibility index (Phi) is 1.59. The van der Waals surface area contributed by atoms with Gasteiger partial charge in [0.25, 0.3) is 5.12 Å². The molecule has 1 aromatic carbocycles. The van der Waals surface area contributed by atoms with Crippen LogP contribution >= 0.6 is 11.8 Å². The zero-order valence-corrected chi connectivity index (χ0v) is 8.32. The van der Waals surface area contributed by atoms with Crippen LogP contribution < -0.4 is 0 Å². The highest BCUT2D eigenvalue weighted by Crippen LogP contribution is 2.36. The van der Waals surface area contributed by atoms with E-state index in [2.05, 4.69) is 0 Å². The second-order valence-electron chi connectivity index (χ2n) is 3.69. The van der Waals surface area contributed by atoms with E-state index in [1.165, 1.54) is 17.5 Å². The van der Waals surface area contributed by atoms with Crippen LogP contribution in [0.4, 0.5) is 0 Å². The smallest absolute Gasteiger partial charge is 0.264 e. The number of hydrogen-bond acceptors (Lipinski definition) is 3. The molecule has 1 aromatic rings. The third kappa shape index (κ3) is 0.989. The van der Waals surface area contributed by atoms with Crippen LogP contribution in [0.1, 0.15) is 27.9 Å². The molecule has 1 aliphatic heterocycles. The molecule has 1 heterocycles. The van der Waals surface area contributed by atoms with E-state index in [1.54, 1.807) is 0 Å². The fraction of sp³-hybridized carbons (Fsp3) is 0.273. The first-order valence-corrected chi connectivity index (χ1v) is 5.49. The molecule has 1 aliphatic carbocycles. The third-order valence-electron chi connectivity index (χ3n) is 2.83. The van der Waals surface area contributed by atoms with Crippen molar-refractivity contribution in [1.82, 2.24) is 0 Å². The minimum Gasteiger partial charge on any atom is -0.284 e. The highest BCUT2D eigenvalue weighted by molar-refractivity contribution is 8.16. The Morgan fingerprint density at radius 2 is 1.79 bits per heavy atom. The molecule has 0 saturated heterocycles. The number of ketones is 1. The summed E-state index contributed by atoms with van der Waals surface area (Å²) in [5.41, 5.74) is 3.20. The molecule has 0 aromatic heterocycles. The van der Waals surface area contributed by atoms with Crippen LogP contribution in [-0.2, 0) is 17.6 Å². The molecule has 0 radical (unpaired) electrons. The van der Waals surface area contributed by atoms with Crippen LogP contribution in [0.2, 0.25) is 0 Å². The summed E-state index contributed by atoms with van der Waals surface area (Å²) < 4.78 is 0. The summed E-state index contributed by atoms with van der Waals surface area (Å²) >= 11 is 1.08. The van der Waals surface area contributed by atoms with Gasteiger partial charge in [0.15, 0.2) is 0 Å². The number of carbonyl (C=O) groups excluding carboxylic acids is 2. The molecule has 3 heteroatoms. The number of rotatable bonds is 0. The van der Waals surface area contributed by atoms with E-state index < -0.39 is 0 Å². The van der Waals surface area contributed by atoms with Gasteiger partial charge in [-0.15, -0.1) is 0 Å². The van der Waals surface area contributed by atoms with Gasteiger partial charge in [0.1, 0.15) is 0 Å². The first-order chi connectivity index (χ1) is 6.75. The van der Waals surface area contributed by atoms with Crippen molar-refractivity contribution in [3.8, 4) is 0 Å². The maximum absolute atomic E-state index is 11.4. The molecule has 0 N–H and O–H groups in total. The minimum absolute atomic E-state index is 0.320. The van der Waals surface area contributed by atoms with Gasteiger partial charge in [0.2, 0.25) is 5.78 Å². The zero-order chi connectivity index (χ0) is 9.71. The standard InChI is InChI=1S/C11H8O2S/c12-10-8-4-6-2-1-3-7(6)5-9(8)14-11(10)13/h4-5H,1-3H2. The first kappa shape index (κ1) is 8.24. The summed E-state index contributed by atoms with van der Waals surface area (Å²) in [6, 6.07) is 3.93. The number of fused-ring (bicyclic) bond motifs is 2. The molecule has 0 unspecified atom stereocenters. The summed E-state index contributed by atoms with van der Waals surface area (Å²) in [6.45, 7) is 0. The predicted octanol–water partition coefficient (Wildman–Crippen LogP) is 1.99. The van der Waals surface area contributed by atoms with Crippen molar-refractivity contribution in [2.24, 2.45) is 0 Å². The molecule has 2 aliphatic rings. The molecule has 2 nitrogen and oxygen atoms in total. The van der Waals surface area contributed by atoms with Crippen molar-refractivity contribution < 1.29 is 9.59 Å². The molecular formula is C11H8O2S. The predicted molar refractivity (Wildman–Crippen MR) is 53.7 cm³/mol. The van der Waals surface area contributed by atoms with Gasteiger partial charge < -0.3 is 0 Å². The van der Waals surface area contributed by atoms with Crippen molar-refractivity contribution in [1.29, 1.82) is 0 Å². The lowest BCUT2D eigenvalue weighted by atomic mass is 10.0. The number of hydrogen-bond donors (Lipinski definition) is 0. The Balaban J connectivity index is 2.22. The quantitative estimate of drug-likeness (QED) is 0.606. The maximum Gasteiger partial charge on any atom is 0.264 e. The molecule has 0 fully saturated rings. The van der Waals surface area contributed by atoms with Crippen LogP contribution in [0, 0.1) is 0 Å². The number of carbonyl (C=O) groups is 2. The van der Waals surface area contributed by atoms with Crippen molar-refractivity contribution in [2.75, 3.05) is 0 Å². The van der Waals surface area contributed by atoms with Gasteiger partial charge in [-0.1, -0.05) is 0 Å². The second-order valence-corrected chi connectivity index (χ2v) is 4.70. The Labute approximate surface area is 85.7 Å². The molecule has 3 rings (SSSR count). The Bertz CT molecular complexity index is 463. The van der Waals surface area contributed by atoms with Gasteiger partial charge in [-0.25, -0.2) is 0 Å². The lowest BCUT2D eigenvalue weighted by Gasteiger charge is -2.01. The van der Waals surface area contributed by atoms with E-state index in [0.29, 0.717) is 5.56 Å². The maximum atomic E-state index is 11.4. The van der Waals surface area contributed by atoms with Crippen LogP contribution in [0.5, 0.6) is 0 Å². The van der Waals surface area contributed by atoms with Crippen LogP contribution in [0.15, 0.2) is 17.0 Å². The first-order valence-electron chi connectivity index (χ1n) is 4.68. The summed E-state index contributed by atoms with van der Waals surface area (Å²) in [4.78, 5) is 23.5. The topological polar surface area (TPSA) is 34.1 Å². The van der Waals surface area contributed by atoms with E-state index in [-0.39, 0.29) is 10.9 Å². The summed E-state index contributed by atoms with van der Waals surface area (Å²) in [7, 11) is 0. The molecule has 70 valence electrons. The fourth-order valence-electron chi connectivity index (χ4n) is 2.12. The van der Waals surface area contributed by atoms with Crippen LogP contribution in [0.25, 0.3) is 0 Å². The van der Waals surface area contributed by atoms with Crippen molar-refractivity contribution >= 4 is 22.7 Å². The van der Waals surface area contributed by atoms with Crippen molar-refractivity contribution in [3.05, 3.63) is 28.8 Å². The number of thioether (sulfide) groups is 1. The van der Waals surface area contributed by atoms with Crippen LogP contribution in [-0.4, -0.2) is 10.9 Å². The van der Waals surface area contributed by atoms with Gasteiger partial charge in [0.05, 0.1) is 0 Å². The molecule has 0 atom stereocenters. The van der Waals surface area contributed by atoms with E-state index in [1.807, 2.05) is 12.1 Å². The summed E-state index contributed by atoms with van der Waals surface area (Å²) in [5, 5.41) is -0.330. The lowest BCUT2D eigenvalue weighted by molar-refractivity contribution is -0.107. The van der Waals surface area contributed by atoms with Gasteiger partial charge in [0, 0.05) is 10.5 Å². The van der Waals surface area contributed by atoms with Gasteiger partial charge in [-0.3, -0.25) is 9.59 Å². The van der Waals surface area contributed by atoms with Gasteiger partial charge >= 0.3 is 0 Å². The van der Waals surface area contributed by atoms with E-state index in [0.717, 1.165) is 29.5 Å². The molecule has 0 amide bonds. The van der Waals surface area contributed by atoms with Crippen molar-refractivity contribution in [3.63, 3.8) is 0 Å². The normalized spacial score (nSPS) is 18.6. The third-order valence-corrected chi connectivity index (χ3v) is 3.76. The number of aryl methyl sites for hydroxylation is 2. The van der Waals surface area contributed by atoms with E-state index >= 15 is 0 Å². The van der Waals surface area contributed by atoms with E-state index in [9.17, 15) is 9.59 Å². The Morgan fingerprint density at radius 1 is 1.07 bits per heavy atom. The monoisotopic (exact) mass is 204 g/mol. The highest BCUT2D eigenvalue weighted by Gasteiger charge is 2.31. The fourth-order valence-corrected chi connectivity index (χ4v) is 2.98. The summed E-state index contributed by atoms with van der Waals surface area (Å²) in [6.07, 6.45) is 3.31. The molecule has 0 saturated carbocycles. The Morgan fingerprint density at radius 3 is 2.57 bits per heavy atom. The van der Waals surface area contributed by atoms with Crippen LogP contribution in [0.3, 0.4) is 0 Å². The minimum atomic E-state index is -0.330. The average Bonchev–Trinajstić information content (AvgIpc) is 2.70. The largest absolute Gasteiger partial charge is 0.284 e. The molecular weight excluding hydrogens is 196 g/mol. The second kappa shape index (κ2) is 2.70. The lowest BCUT2D eigenvalue weighted by Crippen LogP contribution is -2.02. The number of benzene rings is 1. The number of Topliss-reactive ketones (excluding diaryl/α,β-unsaturated/α-hetero) is 1. The van der Waals surface area contributed by atoms with E-state index in [4.69, 9.17) is 0 Å². The average molecular weight is 204 g/mol. The molecule has 0 spiro atoms. The van der Waals surface area contributed by atoms with Gasteiger partial charge in [-0.05, 0) is 54.3 Å². The van der Waals surface area contributed by atoms with Crippen molar-refractivity contribution in [2.45, 2.75) is 24.2 Å². The highest BCUT2D eigenvalue weighted by atomic mass is 32.2.